The molecule has 7 heteroatoms. The number of carboxylic acids is 1. The lowest BCUT2D eigenvalue weighted by Crippen LogP contribution is -2.27. The highest BCUT2D eigenvalue weighted by molar-refractivity contribution is 7.97. The van der Waals surface area contributed by atoms with E-state index in [-0.39, 0.29) is 31.4 Å². The number of carboxylic acid groups (broad SMARTS) is 1. The normalized spacial score (nSPS) is 10.3. The number of hydrogen-bond acceptors (Lipinski definition) is 5. The Labute approximate surface area is 109 Å². The standard InChI is InChI=1S/C11H15NO5S/c1-18-7-8-2-3-9(17-8)11(15)12-4-5-16-6-10(13)14/h2-3H,4-7H2,1H3,(H,12,15)(H,13,14). The van der Waals surface area contributed by atoms with Gasteiger partial charge in [0.1, 0.15) is 12.4 Å². The highest BCUT2D eigenvalue weighted by Gasteiger charge is 2.10. The lowest BCUT2D eigenvalue weighted by Gasteiger charge is -2.03. The minimum absolute atomic E-state index is 0.149. The predicted octanol–water partition coefficient (Wildman–Crippen LogP) is 0.974. The van der Waals surface area contributed by atoms with Crippen molar-refractivity contribution in [3.63, 3.8) is 0 Å². The van der Waals surface area contributed by atoms with Crippen molar-refractivity contribution in [2.75, 3.05) is 26.0 Å². The Morgan fingerprint density at radius 1 is 1.50 bits per heavy atom. The zero-order valence-electron chi connectivity index (χ0n) is 9.97. The molecule has 0 aromatic carbocycles. The summed E-state index contributed by atoms with van der Waals surface area (Å²) in [4.78, 5) is 21.7. The van der Waals surface area contributed by atoms with Gasteiger partial charge in [0.15, 0.2) is 5.76 Å². The van der Waals surface area contributed by atoms with Gasteiger partial charge in [0, 0.05) is 6.54 Å². The Bertz CT molecular complexity index is 404. The molecule has 0 saturated carbocycles. The number of thioether (sulfide) groups is 1. The summed E-state index contributed by atoms with van der Waals surface area (Å²) >= 11 is 1.61. The molecular formula is C11H15NO5S. The lowest BCUT2D eigenvalue weighted by atomic mass is 10.4. The summed E-state index contributed by atoms with van der Waals surface area (Å²) in [6.07, 6.45) is 1.95. The first kappa shape index (κ1) is 14.6. The summed E-state index contributed by atoms with van der Waals surface area (Å²) in [7, 11) is 0. The zero-order chi connectivity index (χ0) is 13.4. The van der Waals surface area contributed by atoms with Crippen LogP contribution in [0.1, 0.15) is 16.3 Å². The van der Waals surface area contributed by atoms with Crippen LogP contribution in [0.2, 0.25) is 0 Å². The highest BCUT2D eigenvalue weighted by atomic mass is 32.2. The minimum atomic E-state index is -1.03. The lowest BCUT2D eigenvalue weighted by molar-refractivity contribution is -0.142. The molecule has 0 radical (unpaired) electrons. The van der Waals surface area contributed by atoms with Crippen molar-refractivity contribution in [3.8, 4) is 0 Å². The summed E-state index contributed by atoms with van der Waals surface area (Å²) in [5.41, 5.74) is 0. The SMILES string of the molecule is CSCc1ccc(C(=O)NCCOCC(=O)O)o1. The van der Waals surface area contributed by atoms with Crippen LogP contribution in [0.15, 0.2) is 16.5 Å². The van der Waals surface area contributed by atoms with Crippen LogP contribution < -0.4 is 5.32 Å². The molecule has 2 N–H and O–H groups in total. The maximum Gasteiger partial charge on any atom is 0.329 e. The van der Waals surface area contributed by atoms with Crippen LogP contribution in [0.25, 0.3) is 0 Å². The second-order valence-corrected chi connectivity index (χ2v) is 4.27. The maximum atomic E-state index is 11.6. The minimum Gasteiger partial charge on any atom is -0.480 e. The fourth-order valence-electron chi connectivity index (χ4n) is 1.20. The van der Waals surface area contributed by atoms with Gasteiger partial charge in [0.05, 0.1) is 12.4 Å². The van der Waals surface area contributed by atoms with Crippen LogP contribution >= 0.6 is 11.8 Å². The van der Waals surface area contributed by atoms with Crippen molar-refractivity contribution in [3.05, 3.63) is 23.7 Å². The van der Waals surface area contributed by atoms with Gasteiger partial charge in [0.25, 0.3) is 5.91 Å². The predicted molar refractivity (Wildman–Crippen MR) is 66.7 cm³/mol. The number of hydrogen-bond donors (Lipinski definition) is 2. The van der Waals surface area contributed by atoms with E-state index in [1.165, 1.54) is 0 Å². The number of carbonyl (C=O) groups is 2. The van der Waals surface area contributed by atoms with Gasteiger partial charge in [0.2, 0.25) is 0 Å². The average Bonchev–Trinajstić information content (AvgIpc) is 2.77. The third kappa shape index (κ3) is 5.24. The quantitative estimate of drug-likeness (QED) is 0.686. The molecule has 0 aliphatic heterocycles. The molecule has 100 valence electrons. The van der Waals surface area contributed by atoms with E-state index >= 15 is 0 Å². The van der Waals surface area contributed by atoms with Crippen LogP contribution in [-0.2, 0) is 15.3 Å². The number of ether oxygens (including phenoxy) is 1. The van der Waals surface area contributed by atoms with Crippen molar-refractivity contribution in [2.45, 2.75) is 5.75 Å². The fraction of sp³-hybridized carbons (Fsp3) is 0.455. The molecule has 18 heavy (non-hydrogen) atoms. The molecule has 0 unspecified atom stereocenters. The van der Waals surface area contributed by atoms with E-state index in [1.807, 2.05) is 6.26 Å². The van der Waals surface area contributed by atoms with E-state index in [1.54, 1.807) is 23.9 Å². The number of carbonyl (C=O) groups excluding carboxylic acids is 1. The fourth-order valence-corrected chi connectivity index (χ4v) is 1.64. The second kappa shape index (κ2) is 7.78. The smallest absolute Gasteiger partial charge is 0.329 e. The summed E-state index contributed by atoms with van der Waals surface area (Å²) < 4.78 is 10.1. The molecule has 0 aliphatic carbocycles. The maximum absolute atomic E-state index is 11.6. The Balaban J connectivity index is 2.25. The Morgan fingerprint density at radius 3 is 2.94 bits per heavy atom. The molecule has 6 nitrogen and oxygen atoms in total. The first-order chi connectivity index (χ1) is 8.63. The molecular weight excluding hydrogens is 258 g/mol. The van der Waals surface area contributed by atoms with Gasteiger partial charge < -0.3 is 19.6 Å². The van der Waals surface area contributed by atoms with Crippen molar-refractivity contribution < 1.29 is 23.8 Å². The molecule has 0 fully saturated rings. The third-order valence-corrected chi connectivity index (χ3v) is 2.50. The molecule has 1 rings (SSSR count). The van der Waals surface area contributed by atoms with E-state index < -0.39 is 5.97 Å². The van der Waals surface area contributed by atoms with E-state index in [2.05, 4.69) is 5.32 Å². The molecule has 0 spiro atoms. The summed E-state index contributed by atoms with van der Waals surface area (Å²) in [6.45, 7) is 0.0234. The van der Waals surface area contributed by atoms with Crippen LogP contribution in [0, 0.1) is 0 Å². The van der Waals surface area contributed by atoms with Gasteiger partial charge >= 0.3 is 5.97 Å². The van der Waals surface area contributed by atoms with E-state index in [0.29, 0.717) is 0 Å². The summed E-state index contributed by atoms with van der Waals surface area (Å²) in [6, 6.07) is 3.37. The summed E-state index contributed by atoms with van der Waals surface area (Å²) in [5.74, 6) is 0.344. The zero-order valence-corrected chi connectivity index (χ0v) is 10.8. The van der Waals surface area contributed by atoms with Crippen molar-refractivity contribution in [1.29, 1.82) is 0 Å². The van der Waals surface area contributed by atoms with E-state index in [0.717, 1.165) is 11.5 Å². The van der Waals surface area contributed by atoms with Crippen LogP contribution in [-0.4, -0.2) is 43.0 Å². The average molecular weight is 273 g/mol. The number of furan rings is 1. The van der Waals surface area contributed by atoms with Crippen LogP contribution in [0.5, 0.6) is 0 Å². The van der Waals surface area contributed by atoms with Gasteiger partial charge in [-0.2, -0.15) is 11.8 Å². The molecule has 1 aromatic heterocycles. The van der Waals surface area contributed by atoms with Gasteiger partial charge in [-0.15, -0.1) is 0 Å². The molecule has 0 saturated heterocycles. The first-order valence-electron chi connectivity index (χ1n) is 5.29. The Morgan fingerprint density at radius 2 is 2.28 bits per heavy atom. The van der Waals surface area contributed by atoms with Gasteiger partial charge in [-0.05, 0) is 18.4 Å². The number of nitrogens with one attached hydrogen (secondary N) is 1. The molecule has 0 atom stereocenters. The monoisotopic (exact) mass is 273 g/mol. The van der Waals surface area contributed by atoms with Gasteiger partial charge in [-0.25, -0.2) is 4.79 Å². The molecule has 1 heterocycles. The van der Waals surface area contributed by atoms with Crippen molar-refractivity contribution in [2.24, 2.45) is 0 Å². The van der Waals surface area contributed by atoms with Gasteiger partial charge in [-0.3, -0.25) is 4.79 Å². The number of amides is 1. The van der Waals surface area contributed by atoms with Crippen LogP contribution in [0.4, 0.5) is 0 Å². The highest BCUT2D eigenvalue weighted by Crippen LogP contribution is 2.13. The molecule has 0 aliphatic rings. The van der Waals surface area contributed by atoms with Crippen LogP contribution in [0.3, 0.4) is 0 Å². The third-order valence-electron chi connectivity index (χ3n) is 1.93. The first-order valence-corrected chi connectivity index (χ1v) is 6.68. The van der Waals surface area contributed by atoms with Crippen molar-refractivity contribution >= 4 is 23.6 Å². The topological polar surface area (TPSA) is 88.8 Å². The Hall–Kier alpha value is -1.47. The largest absolute Gasteiger partial charge is 0.480 e. The molecule has 1 amide bonds. The second-order valence-electron chi connectivity index (χ2n) is 3.40. The van der Waals surface area contributed by atoms with Crippen molar-refractivity contribution in [1.82, 2.24) is 5.32 Å². The number of aliphatic carboxylic acids is 1. The van der Waals surface area contributed by atoms with Gasteiger partial charge in [-0.1, -0.05) is 0 Å². The van der Waals surface area contributed by atoms with E-state index in [9.17, 15) is 9.59 Å². The number of rotatable bonds is 8. The van der Waals surface area contributed by atoms with E-state index in [4.69, 9.17) is 14.3 Å². The summed E-state index contributed by atoms with van der Waals surface area (Å²) in [5, 5.41) is 10.9. The molecule has 0 bridgehead atoms. The Kier molecular flexibility index (Phi) is 6.31. The molecule has 1 aromatic rings.